The molecule has 3 aromatic rings. The van der Waals surface area contributed by atoms with Crippen molar-refractivity contribution < 1.29 is 18.4 Å². The maximum Gasteiger partial charge on any atom is 0.273 e. The Morgan fingerprint density at radius 2 is 1.83 bits per heavy atom. The third kappa shape index (κ3) is 7.34. The first kappa shape index (κ1) is 24.3. The zero-order valence-electron chi connectivity index (χ0n) is 19.0. The Balaban J connectivity index is 1.13. The zero-order chi connectivity index (χ0) is 24.7. The van der Waals surface area contributed by atoms with E-state index in [2.05, 4.69) is 36.2 Å². The Morgan fingerprint density at radius 3 is 2.54 bits per heavy atom. The topological polar surface area (TPSA) is 136 Å². The predicted molar refractivity (Wildman–Crippen MR) is 119 cm³/mol. The summed E-state index contributed by atoms with van der Waals surface area (Å²) in [5.41, 5.74) is 0.982. The fourth-order valence-electron chi connectivity index (χ4n) is 3.62. The van der Waals surface area contributed by atoms with Gasteiger partial charge in [0.25, 0.3) is 11.8 Å². The van der Waals surface area contributed by atoms with Gasteiger partial charge < -0.3 is 10.6 Å². The Morgan fingerprint density at radius 1 is 1.06 bits per heavy atom. The van der Waals surface area contributed by atoms with Crippen LogP contribution in [-0.4, -0.2) is 77.2 Å². The molecule has 0 atom stereocenters. The first-order valence-corrected chi connectivity index (χ1v) is 11.2. The van der Waals surface area contributed by atoms with Crippen LogP contribution >= 0.6 is 0 Å². The summed E-state index contributed by atoms with van der Waals surface area (Å²) in [5, 5.41) is 21.1. The number of halogens is 2. The number of unbranched alkanes of at least 4 members (excludes halogenated alkanes) is 1. The molecule has 2 N–H and O–H groups in total. The van der Waals surface area contributed by atoms with Crippen molar-refractivity contribution in [2.24, 2.45) is 0 Å². The number of hydrogen-bond donors (Lipinski definition) is 2. The van der Waals surface area contributed by atoms with Crippen LogP contribution < -0.4 is 10.6 Å². The van der Waals surface area contributed by atoms with Crippen molar-refractivity contribution in [3.8, 4) is 0 Å². The minimum atomic E-state index is -2.73. The van der Waals surface area contributed by atoms with Gasteiger partial charge in [0, 0.05) is 32.3 Å². The normalized spacial score (nSPS) is 15.3. The third-order valence-corrected chi connectivity index (χ3v) is 5.37. The number of carbonyl (C=O) groups is 2. The van der Waals surface area contributed by atoms with Gasteiger partial charge in [-0.15, -0.1) is 10.2 Å². The van der Waals surface area contributed by atoms with Crippen LogP contribution in [0.3, 0.4) is 0 Å². The van der Waals surface area contributed by atoms with E-state index in [9.17, 15) is 18.4 Å². The molecular weight excluding hydrogens is 462 g/mol. The van der Waals surface area contributed by atoms with E-state index in [1.165, 1.54) is 4.90 Å². The van der Waals surface area contributed by atoms with E-state index in [1.807, 2.05) is 12.1 Å². The molecule has 1 fully saturated rings. The van der Waals surface area contributed by atoms with E-state index < -0.39 is 18.4 Å². The number of rotatable bonds is 11. The van der Waals surface area contributed by atoms with Gasteiger partial charge in [0.1, 0.15) is 0 Å². The first-order chi connectivity index (χ1) is 16.9. The maximum absolute atomic E-state index is 13.2. The van der Waals surface area contributed by atoms with Gasteiger partial charge in [0.2, 0.25) is 5.91 Å². The Kier molecular flexibility index (Phi) is 7.70. The number of nitrogens with one attached hydrogen (secondary N) is 2. The molecule has 0 aromatic carbocycles. The molecule has 186 valence electrons. The number of aryl methyl sites for hydroxylation is 2. The molecule has 2 amide bonds. The monoisotopic (exact) mass is 488 g/mol. The van der Waals surface area contributed by atoms with E-state index >= 15 is 0 Å². The van der Waals surface area contributed by atoms with Crippen LogP contribution in [-0.2, 0) is 24.4 Å². The number of aromatic nitrogens is 7. The number of nitrogens with zero attached hydrogens (tertiary/aromatic N) is 8. The van der Waals surface area contributed by atoms with Gasteiger partial charge >= 0.3 is 0 Å². The molecule has 0 bridgehead atoms. The highest BCUT2D eigenvalue weighted by Crippen LogP contribution is 2.26. The molecule has 3 aromatic heterocycles. The minimum absolute atomic E-state index is 0.108. The van der Waals surface area contributed by atoms with Crippen molar-refractivity contribution in [1.29, 1.82) is 0 Å². The average molecular weight is 489 g/mol. The fourth-order valence-corrected chi connectivity index (χ4v) is 3.62. The largest absolute Gasteiger partial charge is 0.345 e. The lowest BCUT2D eigenvalue weighted by Crippen LogP contribution is -2.33. The van der Waals surface area contributed by atoms with Gasteiger partial charge in [-0.05, 0) is 25.0 Å². The molecule has 0 saturated carbocycles. The van der Waals surface area contributed by atoms with Gasteiger partial charge in [0.15, 0.2) is 11.5 Å². The second kappa shape index (κ2) is 11.1. The SMILES string of the molecule is O=C(CN1CCC(F)(F)C1)Nc1cn(CCCCn2cc(C(=O)NCc3ccccn3)nn2)nn1. The molecule has 12 nitrogen and oxygen atoms in total. The summed E-state index contributed by atoms with van der Waals surface area (Å²) in [6.45, 7) is 1.11. The lowest BCUT2D eigenvalue weighted by atomic mass is 10.3. The van der Waals surface area contributed by atoms with E-state index in [1.54, 1.807) is 34.0 Å². The lowest BCUT2D eigenvalue weighted by molar-refractivity contribution is -0.117. The van der Waals surface area contributed by atoms with Crippen molar-refractivity contribution in [1.82, 2.24) is 45.2 Å². The van der Waals surface area contributed by atoms with Gasteiger partial charge in [-0.2, -0.15) is 0 Å². The van der Waals surface area contributed by atoms with Crippen LogP contribution in [0.4, 0.5) is 14.6 Å². The molecule has 1 aliphatic rings. The maximum atomic E-state index is 13.2. The molecule has 4 rings (SSSR count). The number of carbonyl (C=O) groups excluding carboxylic acids is 2. The quantitative estimate of drug-likeness (QED) is 0.381. The van der Waals surface area contributed by atoms with Crippen LogP contribution in [0, 0.1) is 0 Å². The van der Waals surface area contributed by atoms with Crippen LogP contribution in [0.15, 0.2) is 36.8 Å². The van der Waals surface area contributed by atoms with E-state index in [0.29, 0.717) is 19.6 Å². The van der Waals surface area contributed by atoms with Crippen LogP contribution in [0.5, 0.6) is 0 Å². The number of alkyl halides is 2. The average Bonchev–Trinajstić information content (AvgIpc) is 3.56. The van der Waals surface area contributed by atoms with Crippen LogP contribution in [0.25, 0.3) is 0 Å². The number of pyridine rings is 1. The highest BCUT2D eigenvalue weighted by atomic mass is 19.3. The Labute approximate surface area is 199 Å². The summed E-state index contributed by atoms with van der Waals surface area (Å²) in [5.74, 6) is -3.18. The summed E-state index contributed by atoms with van der Waals surface area (Å²) in [6.07, 6.45) is 6.12. The molecule has 1 saturated heterocycles. The Hall–Kier alpha value is -3.81. The molecule has 14 heteroatoms. The second-order valence-electron chi connectivity index (χ2n) is 8.31. The first-order valence-electron chi connectivity index (χ1n) is 11.2. The minimum Gasteiger partial charge on any atom is -0.345 e. The van der Waals surface area contributed by atoms with E-state index in [4.69, 9.17) is 0 Å². The lowest BCUT2D eigenvalue weighted by Gasteiger charge is -2.14. The number of hydrogen-bond acceptors (Lipinski definition) is 8. The molecule has 35 heavy (non-hydrogen) atoms. The summed E-state index contributed by atoms with van der Waals surface area (Å²) in [7, 11) is 0. The van der Waals surface area contributed by atoms with Gasteiger partial charge in [-0.1, -0.05) is 16.5 Å². The smallest absolute Gasteiger partial charge is 0.273 e. The number of amides is 2. The van der Waals surface area contributed by atoms with Crippen molar-refractivity contribution in [3.63, 3.8) is 0 Å². The molecule has 0 radical (unpaired) electrons. The Bertz CT molecular complexity index is 1130. The van der Waals surface area contributed by atoms with E-state index in [-0.39, 0.29) is 36.9 Å². The third-order valence-electron chi connectivity index (χ3n) is 5.37. The molecule has 0 spiro atoms. The molecular formula is C21H26F2N10O2. The molecule has 0 unspecified atom stereocenters. The van der Waals surface area contributed by atoms with Gasteiger partial charge in [-0.3, -0.25) is 28.8 Å². The number of likely N-dealkylation sites (tertiary alicyclic amines) is 1. The van der Waals surface area contributed by atoms with Crippen molar-refractivity contribution in [2.75, 3.05) is 25.0 Å². The summed E-state index contributed by atoms with van der Waals surface area (Å²) < 4.78 is 29.7. The van der Waals surface area contributed by atoms with Gasteiger partial charge in [0.05, 0.1) is 37.7 Å². The fraction of sp³-hybridized carbons (Fsp3) is 0.476. The number of anilines is 1. The predicted octanol–water partition coefficient (Wildman–Crippen LogP) is 0.955. The standard InChI is InChI=1S/C21H26F2N10O2/c22-21(23)6-10-31(15-21)14-19(34)26-18-13-33(30-28-18)9-4-3-8-32-12-17(27-29-32)20(35)25-11-16-5-1-2-7-24-16/h1-2,5,7,12-13H,3-4,6,8-11,14-15H2,(H,25,35)(H,26,34). The summed E-state index contributed by atoms with van der Waals surface area (Å²) in [4.78, 5) is 29.8. The molecule has 1 aliphatic heterocycles. The van der Waals surface area contributed by atoms with Crippen LogP contribution in [0.2, 0.25) is 0 Å². The summed E-state index contributed by atoms with van der Waals surface area (Å²) in [6, 6.07) is 5.48. The van der Waals surface area contributed by atoms with Crippen molar-refractivity contribution >= 4 is 17.6 Å². The molecule has 4 heterocycles. The summed E-state index contributed by atoms with van der Waals surface area (Å²) >= 11 is 0. The van der Waals surface area contributed by atoms with Crippen molar-refractivity contribution in [2.45, 2.75) is 44.8 Å². The highest BCUT2D eigenvalue weighted by molar-refractivity contribution is 5.92. The molecule has 0 aliphatic carbocycles. The second-order valence-corrected chi connectivity index (χ2v) is 8.31. The van der Waals surface area contributed by atoms with Crippen LogP contribution in [0.1, 0.15) is 35.4 Å². The van der Waals surface area contributed by atoms with E-state index in [0.717, 1.165) is 18.5 Å². The van der Waals surface area contributed by atoms with Crippen molar-refractivity contribution in [3.05, 3.63) is 48.2 Å². The van der Waals surface area contributed by atoms with Gasteiger partial charge in [-0.25, -0.2) is 8.78 Å². The highest BCUT2D eigenvalue weighted by Gasteiger charge is 2.38. The zero-order valence-corrected chi connectivity index (χ0v) is 19.0.